The highest BCUT2D eigenvalue weighted by atomic mass is 32.2. The highest BCUT2D eigenvalue weighted by Crippen LogP contribution is 2.27. The van der Waals surface area contributed by atoms with Gasteiger partial charge in [0.15, 0.2) is 0 Å². The molecular formula is C12H22N2S2. The van der Waals surface area contributed by atoms with Crippen LogP contribution in [0.25, 0.3) is 0 Å². The molecule has 0 bridgehead atoms. The molecule has 1 atom stereocenters. The highest BCUT2D eigenvalue weighted by molar-refractivity contribution is 7.99. The summed E-state index contributed by atoms with van der Waals surface area (Å²) in [5.41, 5.74) is 7.42. The molecule has 0 saturated heterocycles. The van der Waals surface area contributed by atoms with E-state index in [-0.39, 0.29) is 11.5 Å². The van der Waals surface area contributed by atoms with E-state index < -0.39 is 0 Å². The molecule has 0 aliphatic carbocycles. The van der Waals surface area contributed by atoms with Gasteiger partial charge >= 0.3 is 0 Å². The number of rotatable bonds is 5. The molecule has 1 rings (SSSR count). The Morgan fingerprint density at radius 3 is 2.69 bits per heavy atom. The largest absolute Gasteiger partial charge is 0.322 e. The van der Waals surface area contributed by atoms with Crippen molar-refractivity contribution < 1.29 is 0 Å². The Hall–Kier alpha value is -0.0600. The number of nitrogens with two attached hydrogens (primary N) is 1. The second-order valence-corrected chi connectivity index (χ2v) is 7.20. The summed E-state index contributed by atoms with van der Waals surface area (Å²) in [6.07, 6.45) is 1.02. The maximum Gasteiger partial charge on any atom is 0.110 e. The number of hydrogen-bond donors (Lipinski definition) is 1. The van der Waals surface area contributed by atoms with Crippen molar-refractivity contribution in [1.82, 2.24) is 4.98 Å². The molecule has 0 aliphatic heterocycles. The van der Waals surface area contributed by atoms with Gasteiger partial charge in [0.2, 0.25) is 0 Å². The molecule has 0 spiro atoms. The van der Waals surface area contributed by atoms with E-state index in [2.05, 4.69) is 38.1 Å². The molecule has 2 nitrogen and oxygen atoms in total. The maximum atomic E-state index is 6.13. The van der Waals surface area contributed by atoms with Gasteiger partial charge in [-0.15, -0.1) is 11.3 Å². The van der Waals surface area contributed by atoms with Crippen LogP contribution in [0.4, 0.5) is 0 Å². The lowest BCUT2D eigenvalue weighted by Crippen LogP contribution is -2.14. The van der Waals surface area contributed by atoms with Gasteiger partial charge in [0, 0.05) is 10.8 Å². The summed E-state index contributed by atoms with van der Waals surface area (Å²) in [6.45, 7) is 8.73. The molecule has 2 N–H and O–H groups in total. The average molecular weight is 258 g/mol. The first-order chi connectivity index (χ1) is 7.45. The molecule has 0 aliphatic rings. The summed E-state index contributed by atoms with van der Waals surface area (Å²) < 4.78 is 0. The molecule has 1 unspecified atom stereocenters. The normalized spacial score (nSPS) is 14.1. The predicted molar refractivity (Wildman–Crippen MR) is 75.4 cm³/mol. The van der Waals surface area contributed by atoms with Crippen LogP contribution in [0.5, 0.6) is 0 Å². The van der Waals surface area contributed by atoms with Crippen molar-refractivity contribution in [2.45, 2.75) is 45.6 Å². The Morgan fingerprint density at radius 1 is 1.50 bits per heavy atom. The lowest BCUT2D eigenvalue weighted by Gasteiger charge is -2.14. The molecule has 0 saturated carbocycles. The number of thiazole rings is 1. The van der Waals surface area contributed by atoms with Gasteiger partial charge in [-0.2, -0.15) is 11.8 Å². The Morgan fingerprint density at radius 2 is 2.19 bits per heavy atom. The Balaban J connectivity index is 2.56. The first-order valence-corrected chi connectivity index (χ1v) is 7.77. The molecule has 16 heavy (non-hydrogen) atoms. The fraction of sp³-hybridized carbons (Fsp3) is 0.750. The van der Waals surface area contributed by atoms with E-state index in [1.807, 2.05) is 11.8 Å². The smallest absolute Gasteiger partial charge is 0.110 e. The zero-order valence-corrected chi connectivity index (χ0v) is 12.3. The molecule has 1 aromatic heterocycles. The molecule has 1 aromatic rings. The molecule has 1 heterocycles. The molecule has 0 radical (unpaired) electrons. The summed E-state index contributed by atoms with van der Waals surface area (Å²) in [5.74, 6) is 2.29. The third-order valence-corrected chi connectivity index (χ3v) is 4.29. The number of aromatic nitrogens is 1. The van der Waals surface area contributed by atoms with Crippen molar-refractivity contribution in [3.05, 3.63) is 16.1 Å². The first-order valence-electron chi connectivity index (χ1n) is 5.74. The fourth-order valence-corrected chi connectivity index (χ4v) is 3.07. The van der Waals surface area contributed by atoms with Gasteiger partial charge in [-0.1, -0.05) is 27.7 Å². The predicted octanol–water partition coefficient (Wildman–Crippen LogP) is 3.58. The van der Waals surface area contributed by atoms with E-state index in [0.717, 1.165) is 28.6 Å². The van der Waals surface area contributed by atoms with E-state index in [9.17, 15) is 0 Å². The number of nitrogens with zero attached hydrogens (tertiary/aromatic N) is 1. The zero-order chi connectivity index (χ0) is 12.2. The van der Waals surface area contributed by atoms with E-state index in [1.165, 1.54) is 0 Å². The standard InChI is InChI=1S/C12H22N2S2/c1-5-15-7-6-9(13)11-14-10(8-16-11)12(2,3)4/h8-9H,5-7,13H2,1-4H3. The van der Waals surface area contributed by atoms with Crippen molar-refractivity contribution in [1.29, 1.82) is 0 Å². The fourth-order valence-electron chi connectivity index (χ4n) is 1.28. The highest BCUT2D eigenvalue weighted by Gasteiger charge is 2.19. The summed E-state index contributed by atoms with van der Waals surface area (Å²) in [7, 11) is 0. The second kappa shape index (κ2) is 6.03. The quantitative estimate of drug-likeness (QED) is 0.820. The van der Waals surface area contributed by atoms with E-state index in [0.29, 0.717) is 0 Å². The van der Waals surface area contributed by atoms with Crippen molar-refractivity contribution in [3.63, 3.8) is 0 Å². The van der Waals surface area contributed by atoms with Gasteiger partial charge in [-0.3, -0.25) is 0 Å². The van der Waals surface area contributed by atoms with Crippen molar-refractivity contribution in [3.8, 4) is 0 Å². The Kier molecular flexibility index (Phi) is 5.28. The van der Waals surface area contributed by atoms with E-state index in [1.54, 1.807) is 11.3 Å². The van der Waals surface area contributed by atoms with Gasteiger partial charge in [-0.05, 0) is 17.9 Å². The lowest BCUT2D eigenvalue weighted by molar-refractivity contribution is 0.566. The molecule has 4 heteroatoms. The first kappa shape index (κ1) is 14.0. The van der Waals surface area contributed by atoms with Gasteiger partial charge in [0.1, 0.15) is 5.01 Å². The van der Waals surface area contributed by atoms with Gasteiger partial charge in [0.05, 0.1) is 11.7 Å². The third-order valence-electron chi connectivity index (χ3n) is 2.38. The van der Waals surface area contributed by atoms with Crippen LogP contribution in [0.3, 0.4) is 0 Å². The van der Waals surface area contributed by atoms with Crippen LogP contribution < -0.4 is 5.73 Å². The van der Waals surface area contributed by atoms with Crippen LogP contribution in [0, 0.1) is 0 Å². The van der Waals surface area contributed by atoms with Crippen molar-refractivity contribution in [2.75, 3.05) is 11.5 Å². The number of hydrogen-bond acceptors (Lipinski definition) is 4. The minimum atomic E-state index is 0.111. The van der Waals surface area contributed by atoms with Crippen LogP contribution in [0.1, 0.15) is 50.9 Å². The lowest BCUT2D eigenvalue weighted by atomic mass is 9.93. The van der Waals surface area contributed by atoms with Gasteiger partial charge in [-0.25, -0.2) is 4.98 Å². The average Bonchev–Trinajstić information content (AvgIpc) is 2.66. The zero-order valence-electron chi connectivity index (χ0n) is 10.6. The van der Waals surface area contributed by atoms with Crippen LogP contribution >= 0.6 is 23.1 Å². The van der Waals surface area contributed by atoms with Crippen LogP contribution in [-0.2, 0) is 5.41 Å². The molecule has 0 aromatic carbocycles. The maximum absolute atomic E-state index is 6.13. The Labute approximate surface area is 107 Å². The molecule has 92 valence electrons. The monoisotopic (exact) mass is 258 g/mol. The topological polar surface area (TPSA) is 38.9 Å². The Bertz CT molecular complexity index is 315. The van der Waals surface area contributed by atoms with Crippen LogP contribution in [0.15, 0.2) is 5.38 Å². The summed E-state index contributed by atoms with van der Waals surface area (Å²) >= 11 is 3.64. The van der Waals surface area contributed by atoms with Gasteiger partial charge < -0.3 is 5.73 Å². The van der Waals surface area contributed by atoms with Crippen molar-refractivity contribution in [2.24, 2.45) is 5.73 Å². The van der Waals surface area contributed by atoms with E-state index in [4.69, 9.17) is 5.73 Å². The SMILES string of the molecule is CCSCCC(N)c1nc(C(C)(C)C)cs1. The minimum Gasteiger partial charge on any atom is -0.322 e. The second-order valence-electron chi connectivity index (χ2n) is 4.91. The van der Waals surface area contributed by atoms with Crippen molar-refractivity contribution >= 4 is 23.1 Å². The van der Waals surface area contributed by atoms with Crippen LogP contribution in [0.2, 0.25) is 0 Å². The van der Waals surface area contributed by atoms with Gasteiger partial charge in [0.25, 0.3) is 0 Å². The summed E-state index contributed by atoms with van der Waals surface area (Å²) in [6, 6.07) is 0.111. The molecular weight excluding hydrogens is 236 g/mol. The summed E-state index contributed by atoms with van der Waals surface area (Å²) in [4.78, 5) is 4.64. The number of thioether (sulfide) groups is 1. The van der Waals surface area contributed by atoms with E-state index >= 15 is 0 Å². The molecule has 0 amide bonds. The minimum absolute atomic E-state index is 0.111. The summed E-state index contributed by atoms with van der Waals surface area (Å²) in [5, 5.41) is 3.23. The molecule has 0 fully saturated rings. The van der Waals surface area contributed by atoms with Crippen LogP contribution in [-0.4, -0.2) is 16.5 Å². The third kappa shape index (κ3) is 4.07.